The Balaban J connectivity index is 2.61. The lowest BCUT2D eigenvalue weighted by atomic mass is 10.1. The molecule has 0 radical (unpaired) electrons. The number of hydrogen-bond acceptors (Lipinski definition) is 3. The molecule has 0 amide bonds. The van der Waals surface area contributed by atoms with Gasteiger partial charge in [0, 0.05) is 6.20 Å². The molecule has 88 valence electrons. The molecule has 0 saturated carbocycles. The van der Waals surface area contributed by atoms with Gasteiger partial charge in [0.2, 0.25) is 0 Å². The number of aryl methyl sites for hydroxylation is 2. The van der Waals surface area contributed by atoms with Crippen LogP contribution in [0.5, 0.6) is 0 Å². The molecule has 0 aromatic carbocycles. The highest BCUT2D eigenvalue weighted by molar-refractivity contribution is 6.33. The van der Waals surface area contributed by atoms with E-state index in [9.17, 15) is 4.39 Å². The molecule has 0 unspecified atom stereocenters. The molecule has 6 heteroatoms. The lowest BCUT2D eigenvalue weighted by Crippen LogP contribution is -1.98. The molecule has 0 aliphatic rings. The zero-order chi connectivity index (χ0) is 12.6. The third-order valence-electron chi connectivity index (χ3n) is 2.20. The average molecular weight is 272 g/mol. The van der Waals surface area contributed by atoms with Crippen LogP contribution in [-0.4, -0.2) is 15.0 Å². The van der Waals surface area contributed by atoms with Crippen molar-refractivity contribution in [1.29, 1.82) is 0 Å². The molecule has 0 N–H and O–H groups in total. The van der Waals surface area contributed by atoms with Crippen LogP contribution in [0.25, 0.3) is 11.5 Å². The predicted molar refractivity (Wildman–Crippen MR) is 64.7 cm³/mol. The van der Waals surface area contributed by atoms with E-state index in [1.165, 1.54) is 0 Å². The summed E-state index contributed by atoms with van der Waals surface area (Å²) in [4.78, 5) is 11.8. The SMILES string of the molecule is Cc1cnc(-c2nc(Cl)c(F)c(Cl)n2)c(C)c1. The molecule has 2 rings (SSSR count). The molecule has 2 aromatic rings. The first-order chi connectivity index (χ1) is 7.99. The monoisotopic (exact) mass is 271 g/mol. The van der Waals surface area contributed by atoms with Crippen molar-refractivity contribution in [3.63, 3.8) is 0 Å². The maximum Gasteiger partial charge on any atom is 0.197 e. The summed E-state index contributed by atoms with van der Waals surface area (Å²) in [5.41, 5.74) is 2.44. The highest BCUT2D eigenvalue weighted by Crippen LogP contribution is 2.24. The van der Waals surface area contributed by atoms with E-state index >= 15 is 0 Å². The summed E-state index contributed by atoms with van der Waals surface area (Å²) < 4.78 is 13.2. The molecule has 0 aliphatic carbocycles. The maximum atomic E-state index is 13.2. The summed E-state index contributed by atoms with van der Waals surface area (Å²) in [6.07, 6.45) is 1.68. The number of pyridine rings is 1. The second-order valence-corrected chi connectivity index (χ2v) is 4.34. The van der Waals surface area contributed by atoms with Crippen molar-refractivity contribution in [3.05, 3.63) is 39.5 Å². The zero-order valence-electron chi connectivity index (χ0n) is 9.13. The highest BCUT2D eigenvalue weighted by atomic mass is 35.5. The van der Waals surface area contributed by atoms with Crippen molar-refractivity contribution >= 4 is 23.2 Å². The fourth-order valence-corrected chi connectivity index (χ4v) is 1.84. The Morgan fingerprint density at radius 1 is 1.12 bits per heavy atom. The van der Waals surface area contributed by atoms with E-state index < -0.39 is 5.82 Å². The second kappa shape index (κ2) is 4.55. The first kappa shape index (κ1) is 12.2. The van der Waals surface area contributed by atoms with Gasteiger partial charge in [-0.05, 0) is 25.0 Å². The molecule has 0 fully saturated rings. The van der Waals surface area contributed by atoms with Crippen molar-refractivity contribution in [2.45, 2.75) is 13.8 Å². The van der Waals surface area contributed by atoms with Crippen LogP contribution >= 0.6 is 23.2 Å². The van der Waals surface area contributed by atoms with Gasteiger partial charge in [-0.2, -0.15) is 0 Å². The molecule has 0 aliphatic heterocycles. The van der Waals surface area contributed by atoms with E-state index in [0.717, 1.165) is 11.1 Å². The third-order valence-corrected chi connectivity index (χ3v) is 2.70. The van der Waals surface area contributed by atoms with E-state index in [-0.39, 0.29) is 16.1 Å². The molecule has 0 saturated heterocycles. The molecule has 0 atom stereocenters. The zero-order valence-corrected chi connectivity index (χ0v) is 10.6. The number of nitrogens with zero attached hydrogens (tertiary/aromatic N) is 3. The Morgan fingerprint density at radius 2 is 1.71 bits per heavy atom. The van der Waals surface area contributed by atoms with Gasteiger partial charge < -0.3 is 0 Å². The van der Waals surface area contributed by atoms with Crippen molar-refractivity contribution in [1.82, 2.24) is 15.0 Å². The molecule has 2 heterocycles. The van der Waals surface area contributed by atoms with Gasteiger partial charge in [0.1, 0.15) is 5.69 Å². The van der Waals surface area contributed by atoms with Gasteiger partial charge in [-0.15, -0.1) is 0 Å². The van der Waals surface area contributed by atoms with E-state index in [2.05, 4.69) is 15.0 Å². The minimum Gasteiger partial charge on any atom is -0.252 e. The molecular weight excluding hydrogens is 264 g/mol. The van der Waals surface area contributed by atoms with Crippen molar-refractivity contribution in [2.24, 2.45) is 0 Å². The fourth-order valence-electron chi connectivity index (χ4n) is 1.45. The smallest absolute Gasteiger partial charge is 0.197 e. The minimum absolute atomic E-state index is 0.221. The Kier molecular flexibility index (Phi) is 3.26. The summed E-state index contributed by atoms with van der Waals surface area (Å²) in [6.45, 7) is 3.79. The normalized spacial score (nSPS) is 10.6. The van der Waals surface area contributed by atoms with Crippen LogP contribution in [0.4, 0.5) is 4.39 Å². The van der Waals surface area contributed by atoms with Gasteiger partial charge in [0.15, 0.2) is 21.9 Å². The summed E-state index contributed by atoms with van der Waals surface area (Å²) in [7, 11) is 0. The summed E-state index contributed by atoms with van der Waals surface area (Å²) >= 11 is 11.2. The molecule has 2 aromatic heterocycles. The molecule has 0 spiro atoms. The van der Waals surface area contributed by atoms with Gasteiger partial charge in [-0.1, -0.05) is 29.3 Å². The van der Waals surface area contributed by atoms with Crippen LogP contribution in [0.2, 0.25) is 10.3 Å². The number of aromatic nitrogens is 3. The highest BCUT2D eigenvalue weighted by Gasteiger charge is 2.14. The van der Waals surface area contributed by atoms with Crippen LogP contribution in [0, 0.1) is 19.7 Å². The molecule has 17 heavy (non-hydrogen) atoms. The van der Waals surface area contributed by atoms with Crippen LogP contribution in [0.1, 0.15) is 11.1 Å². The Labute approximate surface area is 108 Å². The molecule has 0 bridgehead atoms. The predicted octanol–water partition coefficient (Wildman–Crippen LogP) is 3.60. The largest absolute Gasteiger partial charge is 0.252 e. The lowest BCUT2D eigenvalue weighted by molar-refractivity contribution is 0.615. The Hall–Kier alpha value is -1.26. The number of rotatable bonds is 1. The van der Waals surface area contributed by atoms with Gasteiger partial charge in [0.25, 0.3) is 0 Å². The minimum atomic E-state index is -0.818. The van der Waals surface area contributed by atoms with Crippen LogP contribution < -0.4 is 0 Å². The van der Waals surface area contributed by atoms with E-state index in [0.29, 0.717) is 5.69 Å². The van der Waals surface area contributed by atoms with Gasteiger partial charge >= 0.3 is 0 Å². The van der Waals surface area contributed by atoms with Crippen LogP contribution in [0.3, 0.4) is 0 Å². The topological polar surface area (TPSA) is 38.7 Å². The summed E-state index contributed by atoms with van der Waals surface area (Å²) in [5, 5.41) is -0.608. The maximum absolute atomic E-state index is 13.2. The molecular formula is C11H8Cl2FN3. The standard InChI is InChI=1S/C11H8Cl2FN3/c1-5-3-6(2)8(15-4-5)11-16-9(12)7(14)10(13)17-11/h3-4H,1-2H3. The average Bonchev–Trinajstić information content (AvgIpc) is 2.25. The van der Waals surface area contributed by atoms with E-state index in [1.54, 1.807) is 6.20 Å². The Bertz CT molecular complexity index is 564. The lowest BCUT2D eigenvalue weighted by Gasteiger charge is -2.05. The first-order valence-electron chi connectivity index (χ1n) is 4.81. The van der Waals surface area contributed by atoms with Gasteiger partial charge in [-0.25, -0.2) is 14.4 Å². The molecule has 3 nitrogen and oxygen atoms in total. The number of halogens is 3. The first-order valence-corrected chi connectivity index (χ1v) is 5.57. The summed E-state index contributed by atoms with van der Waals surface area (Å²) in [6, 6.07) is 1.93. The second-order valence-electron chi connectivity index (χ2n) is 3.62. The summed E-state index contributed by atoms with van der Waals surface area (Å²) in [5.74, 6) is -0.597. The van der Waals surface area contributed by atoms with Gasteiger partial charge in [-0.3, -0.25) is 4.98 Å². The van der Waals surface area contributed by atoms with Crippen molar-refractivity contribution in [2.75, 3.05) is 0 Å². The van der Waals surface area contributed by atoms with Crippen molar-refractivity contribution in [3.8, 4) is 11.5 Å². The van der Waals surface area contributed by atoms with Crippen LogP contribution in [-0.2, 0) is 0 Å². The fraction of sp³-hybridized carbons (Fsp3) is 0.182. The number of hydrogen-bond donors (Lipinski definition) is 0. The van der Waals surface area contributed by atoms with E-state index in [4.69, 9.17) is 23.2 Å². The quantitative estimate of drug-likeness (QED) is 0.744. The van der Waals surface area contributed by atoms with Crippen LogP contribution in [0.15, 0.2) is 12.3 Å². The van der Waals surface area contributed by atoms with E-state index in [1.807, 2.05) is 19.9 Å². The van der Waals surface area contributed by atoms with Crippen molar-refractivity contribution < 1.29 is 4.39 Å². The van der Waals surface area contributed by atoms with Gasteiger partial charge in [0.05, 0.1) is 0 Å². The third kappa shape index (κ3) is 2.37. The Morgan fingerprint density at radius 3 is 2.24 bits per heavy atom.